The number of nitrogens with zero attached hydrogens (tertiary/aromatic N) is 2. The SMILES string of the molecule is NC[C@H]1CCN(C(=O)c2cc(Oc3ccccc3)ccn2)C1. The molecule has 5 heteroatoms. The van der Waals surface area contributed by atoms with Gasteiger partial charge in [-0.05, 0) is 37.1 Å². The lowest BCUT2D eigenvalue weighted by Crippen LogP contribution is -2.30. The Morgan fingerprint density at radius 2 is 2.09 bits per heavy atom. The molecular formula is C17H19N3O2. The number of rotatable bonds is 4. The third-order valence-electron chi connectivity index (χ3n) is 3.84. The topological polar surface area (TPSA) is 68.5 Å². The third-order valence-corrected chi connectivity index (χ3v) is 3.84. The van der Waals surface area contributed by atoms with Crippen LogP contribution in [-0.2, 0) is 0 Å². The molecule has 1 aromatic carbocycles. The van der Waals surface area contributed by atoms with Gasteiger partial charge in [0.05, 0.1) is 0 Å². The van der Waals surface area contributed by atoms with Crippen LogP contribution in [0.25, 0.3) is 0 Å². The van der Waals surface area contributed by atoms with E-state index in [1.165, 1.54) is 0 Å². The van der Waals surface area contributed by atoms with E-state index in [9.17, 15) is 4.79 Å². The molecule has 3 rings (SSSR count). The molecule has 0 bridgehead atoms. The Hall–Kier alpha value is -2.40. The van der Waals surface area contributed by atoms with Crippen molar-refractivity contribution in [3.63, 3.8) is 0 Å². The van der Waals surface area contributed by atoms with Crippen molar-refractivity contribution in [2.45, 2.75) is 6.42 Å². The maximum absolute atomic E-state index is 12.5. The minimum atomic E-state index is -0.0607. The number of nitrogens with two attached hydrogens (primary N) is 1. The van der Waals surface area contributed by atoms with Gasteiger partial charge in [0.25, 0.3) is 5.91 Å². The molecule has 5 nitrogen and oxygen atoms in total. The van der Waals surface area contributed by atoms with Gasteiger partial charge in [-0.2, -0.15) is 0 Å². The van der Waals surface area contributed by atoms with Crippen LogP contribution in [0.1, 0.15) is 16.9 Å². The molecule has 1 aliphatic heterocycles. The van der Waals surface area contributed by atoms with Crippen molar-refractivity contribution in [1.29, 1.82) is 0 Å². The van der Waals surface area contributed by atoms with Gasteiger partial charge < -0.3 is 15.4 Å². The maximum Gasteiger partial charge on any atom is 0.272 e. The molecule has 1 atom stereocenters. The molecule has 1 aliphatic rings. The molecule has 1 fully saturated rings. The van der Waals surface area contributed by atoms with Crippen LogP contribution in [0.2, 0.25) is 0 Å². The Morgan fingerprint density at radius 1 is 1.27 bits per heavy atom. The zero-order valence-corrected chi connectivity index (χ0v) is 12.3. The van der Waals surface area contributed by atoms with Gasteiger partial charge in [-0.15, -0.1) is 0 Å². The van der Waals surface area contributed by atoms with Crippen molar-refractivity contribution in [3.05, 3.63) is 54.4 Å². The number of para-hydroxylation sites is 1. The summed E-state index contributed by atoms with van der Waals surface area (Å²) in [4.78, 5) is 18.5. The van der Waals surface area contributed by atoms with Gasteiger partial charge in [-0.1, -0.05) is 18.2 Å². The second-order valence-electron chi connectivity index (χ2n) is 5.43. The summed E-state index contributed by atoms with van der Waals surface area (Å²) in [5, 5.41) is 0. The van der Waals surface area contributed by atoms with Gasteiger partial charge >= 0.3 is 0 Å². The first-order valence-electron chi connectivity index (χ1n) is 7.44. The van der Waals surface area contributed by atoms with Gasteiger partial charge in [-0.25, -0.2) is 0 Å². The van der Waals surface area contributed by atoms with Gasteiger partial charge in [0.2, 0.25) is 0 Å². The second-order valence-corrected chi connectivity index (χ2v) is 5.43. The number of amides is 1. The van der Waals surface area contributed by atoms with E-state index in [0.717, 1.165) is 18.7 Å². The van der Waals surface area contributed by atoms with Crippen molar-refractivity contribution in [1.82, 2.24) is 9.88 Å². The summed E-state index contributed by atoms with van der Waals surface area (Å²) in [7, 11) is 0. The number of hydrogen-bond donors (Lipinski definition) is 1. The van der Waals surface area contributed by atoms with Crippen molar-refractivity contribution in [2.75, 3.05) is 19.6 Å². The molecule has 1 saturated heterocycles. The number of hydrogen-bond acceptors (Lipinski definition) is 4. The van der Waals surface area contributed by atoms with Crippen molar-refractivity contribution in [2.24, 2.45) is 11.7 Å². The third kappa shape index (κ3) is 3.26. The molecule has 2 N–H and O–H groups in total. The Kier molecular flexibility index (Phi) is 4.34. The Morgan fingerprint density at radius 3 is 2.82 bits per heavy atom. The second kappa shape index (κ2) is 6.58. The summed E-state index contributed by atoms with van der Waals surface area (Å²) >= 11 is 0. The first-order valence-corrected chi connectivity index (χ1v) is 7.44. The molecule has 0 aliphatic carbocycles. The van der Waals surface area contributed by atoms with E-state index in [0.29, 0.717) is 30.5 Å². The average molecular weight is 297 g/mol. The fourth-order valence-electron chi connectivity index (χ4n) is 2.59. The quantitative estimate of drug-likeness (QED) is 0.940. The van der Waals surface area contributed by atoms with Crippen LogP contribution < -0.4 is 10.5 Å². The number of carbonyl (C=O) groups is 1. The predicted molar refractivity (Wildman–Crippen MR) is 83.8 cm³/mol. The normalized spacial score (nSPS) is 17.5. The number of pyridine rings is 1. The molecule has 2 aromatic rings. The number of carbonyl (C=O) groups excluding carboxylic acids is 1. The van der Waals surface area contributed by atoms with Crippen LogP contribution >= 0.6 is 0 Å². The highest BCUT2D eigenvalue weighted by Crippen LogP contribution is 2.22. The molecule has 0 spiro atoms. The summed E-state index contributed by atoms with van der Waals surface area (Å²) < 4.78 is 5.74. The Bertz CT molecular complexity index is 645. The number of benzene rings is 1. The monoisotopic (exact) mass is 297 g/mol. The zero-order chi connectivity index (χ0) is 15.4. The Balaban J connectivity index is 1.72. The van der Waals surface area contributed by atoms with E-state index in [1.807, 2.05) is 35.2 Å². The fourth-order valence-corrected chi connectivity index (χ4v) is 2.59. The highest BCUT2D eigenvalue weighted by Gasteiger charge is 2.26. The zero-order valence-electron chi connectivity index (χ0n) is 12.3. The lowest BCUT2D eigenvalue weighted by Gasteiger charge is -2.16. The molecule has 1 amide bonds. The van der Waals surface area contributed by atoms with E-state index in [2.05, 4.69) is 4.98 Å². The minimum absolute atomic E-state index is 0.0607. The summed E-state index contributed by atoms with van der Waals surface area (Å²) in [5.74, 6) is 1.68. The van der Waals surface area contributed by atoms with Crippen molar-refractivity contribution >= 4 is 5.91 Å². The van der Waals surface area contributed by atoms with Gasteiger partial charge in [0, 0.05) is 25.4 Å². The van der Waals surface area contributed by atoms with E-state index >= 15 is 0 Å². The standard InChI is InChI=1S/C17H19N3O2/c18-11-13-7-9-20(12-13)17(21)16-10-15(6-8-19-16)22-14-4-2-1-3-5-14/h1-6,8,10,13H,7,9,11-12,18H2/t13-/m1/s1. The largest absolute Gasteiger partial charge is 0.457 e. The molecule has 22 heavy (non-hydrogen) atoms. The van der Waals surface area contributed by atoms with Crippen LogP contribution in [0.5, 0.6) is 11.5 Å². The summed E-state index contributed by atoms with van der Waals surface area (Å²) in [6.45, 7) is 2.07. The average Bonchev–Trinajstić information content (AvgIpc) is 3.04. The lowest BCUT2D eigenvalue weighted by atomic mass is 10.1. The van der Waals surface area contributed by atoms with E-state index < -0.39 is 0 Å². The molecule has 0 radical (unpaired) electrons. The van der Waals surface area contributed by atoms with Crippen LogP contribution in [-0.4, -0.2) is 35.4 Å². The summed E-state index contributed by atoms with van der Waals surface area (Å²) in [6.07, 6.45) is 2.56. The number of aromatic nitrogens is 1. The Labute approximate surface area is 129 Å². The van der Waals surface area contributed by atoms with Gasteiger partial charge in [0.1, 0.15) is 17.2 Å². The summed E-state index contributed by atoms with van der Waals surface area (Å²) in [5.41, 5.74) is 6.08. The smallest absolute Gasteiger partial charge is 0.272 e. The van der Waals surface area contributed by atoms with E-state index in [1.54, 1.807) is 18.3 Å². The first kappa shape index (κ1) is 14.5. The lowest BCUT2D eigenvalue weighted by molar-refractivity contribution is 0.0781. The molecular weight excluding hydrogens is 278 g/mol. The maximum atomic E-state index is 12.5. The predicted octanol–water partition coefficient (Wildman–Crippen LogP) is 2.29. The molecule has 114 valence electrons. The molecule has 1 aromatic heterocycles. The highest BCUT2D eigenvalue weighted by atomic mass is 16.5. The number of ether oxygens (including phenoxy) is 1. The van der Waals surface area contributed by atoms with E-state index in [-0.39, 0.29) is 5.91 Å². The number of likely N-dealkylation sites (tertiary alicyclic amines) is 1. The van der Waals surface area contributed by atoms with Crippen LogP contribution in [0.3, 0.4) is 0 Å². The highest BCUT2D eigenvalue weighted by molar-refractivity contribution is 5.92. The summed E-state index contributed by atoms with van der Waals surface area (Å²) in [6, 6.07) is 12.9. The van der Waals surface area contributed by atoms with Crippen LogP contribution in [0, 0.1) is 5.92 Å². The molecule has 2 heterocycles. The molecule has 0 saturated carbocycles. The van der Waals surface area contributed by atoms with Crippen LogP contribution in [0.4, 0.5) is 0 Å². The first-order chi connectivity index (χ1) is 10.8. The minimum Gasteiger partial charge on any atom is -0.457 e. The van der Waals surface area contributed by atoms with Crippen LogP contribution in [0.15, 0.2) is 48.7 Å². The van der Waals surface area contributed by atoms with Gasteiger partial charge in [0.15, 0.2) is 0 Å². The molecule has 0 unspecified atom stereocenters. The fraction of sp³-hybridized carbons (Fsp3) is 0.294. The van der Waals surface area contributed by atoms with Crippen molar-refractivity contribution < 1.29 is 9.53 Å². The van der Waals surface area contributed by atoms with Crippen molar-refractivity contribution in [3.8, 4) is 11.5 Å². The van der Waals surface area contributed by atoms with Gasteiger partial charge in [-0.3, -0.25) is 9.78 Å². The van der Waals surface area contributed by atoms with E-state index in [4.69, 9.17) is 10.5 Å².